The second-order valence-electron chi connectivity index (χ2n) is 3.37. The summed E-state index contributed by atoms with van der Waals surface area (Å²) in [6, 6.07) is 0. The highest BCUT2D eigenvalue weighted by molar-refractivity contribution is 6.18. The molecule has 0 heterocycles. The van der Waals surface area contributed by atoms with Crippen molar-refractivity contribution in [2.75, 3.05) is 5.88 Å². The fraction of sp³-hybridized carbons (Fsp3) is 0.778. The molecule has 58 valence electrons. The van der Waals surface area contributed by atoms with Crippen molar-refractivity contribution >= 4 is 11.6 Å². The van der Waals surface area contributed by atoms with E-state index in [1.165, 1.54) is 6.42 Å². The molecule has 0 amide bonds. The summed E-state index contributed by atoms with van der Waals surface area (Å²) in [5.41, 5.74) is 0. The Balaban J connectivity index is 2.53. The van der Waals surface area contributed by atoms with E-state index in [0.29, 0.717) is 11.8 Å². The SMILES string of the molecule is CC1C=CC(C)C(CCl)C1. The van der Waals surface area contributed by atoms with Gasteiger partial charge >= 0.3 is 0 Å². The van der Waals surface area contributed by atoms with Crippen LogP contribution in [0.3, 0.4) is 0 Å². The van der Waals surface area contributed by atoms with Gasteiger partial charge in [0, 0.05) is 5.88 Å². The molecule has 0 aliphatic heterocycles. The van der Waals surface area contributed by atoms with E-state index < -0.39 is 0 Å². The Labute approximate surface area is 68.3 Å². The van der Waals surface area contributed by atoms with Gasteiger partial charge in [-0.2, -0.15) is 0 Å². The third-order valence-electron chi connectivity index (χ3n) is 2.36. The molecule has 1 aliphatic rings. The van der Waals surface area contributed by atoms with Crippen molar-refractivity contribution in [2.24, 2.45) is 17.8 Å². The minimum absolute atomic E-state index is 0.689. The Morgan fingerprint density at radius 1 is 1.40 bits per heavy atom. The van der Waals surface area contributed by atoms with Gasteiger partial charge in [-0.05, 0) is 24.2 Å². The van der Waals surface area contributed by atoms with Gasteiger partial charge in [0.2, 0.25) is 0 Å². The highest BCUT2D eigenvalue weighted by Crippen LogP contribution is 2.28. The molecule has 0 spiro atoms. The van der Waals surface area contributed by atoms with Crippen LogP contribution in [-0.2, 0) is 0 Å². The molecule has 0 bridgehead atoms. The predicted octanol–water partition coefficient (Wildman–Crippen LogP) is 3.07. The number of hydrogen-bond acceptors (Lipinski definition) is 0. The van der Waals surface area contributed by atoms with Crippen LogP contribution in [0.5, 0.6) is 0 Å². The first-order valence-electron chi connectivity index (χ1n) is 3.98. The van der Waals surface area contributed by atoms with Crippen molar-refractivity contribution in [3.05, 3.63) is 12.2 Å². The minimum atomic E-state index is 0.689. The molecule has 3 unspecified atom stereocenters. The number of allylic oxidation sites excluding steroid dienone is 2. The van der Waals surface area contributed by atoms with Crippen LogP contribution in [0.4, 0.5) is 0 Å². The molecule has 0 nitrogen and oxygen atoms in total. The molecule has 0 aromatic carbocycles. The van der Waals surface area contributed by atoms with Crippen molar-refractivity contribution in [2.45, 2.75) is 20.3 Å². The van der Waals surface area contributed by atoms with Crippen LogP contribution in [0.1, 0.15) is 20.3 Å². The zero-order chi connectivity index (χ0) is 7.56. The maximum absolute atomic E-state index is 5.81. The molecular weight excluding hydrogens is 144 g/mol. The molecule has 10 heavy (non-hydrogen) atoms. The Morgan fingerprint density at radius 2 is 2.10 bits per heavy atom. The standard InChI is InChI=1S/C9H15Cl/c1-7-3-4-8(2)9(5-7)6-10/h3-4,7-9H,5-6H2,1-2H3. The third kappa shape index (κ3) is 1.76. The summed E-state index contributed by atoms with van der Waals surface area (Å²) in [4.78, 5) is 0. The van der Waals surface area contributed by atoms with Crippen LogP contribution >= 0.6 is 11.6 Å². The van der Waals surface area contributed by atoms with Crippen molar-refractivity contribution in [3.8, 4) is 0 Å². The first-order chi connectivity index (χ1) is 4.74. The lowest BCUT2D eigenvalue weighted by molar-refractivity contribution is 0.368. The van der Waals surface area contributed by atoms with Gasteiger partial charge in [-0.25, -0.2) is 0 Å². The van der Waals surface area contributed by atoms with Gasteiger partial charge in [0.1, 0.15) is 0 Å². The van der Waals surface area contributed by atoms with Crippen LogP contribution in [0.2, 0.25) is 0 Å². The zero-order valence-corrected chi connectivity index (χ0v) is 7.43. The lowest BCUT2D eigenvalue weighted by Crippen LogP contribution is -2.18. The Bertz CT molecular complexity index is 129. The Morgan fingerprint density at radius 3 is 2.60 bits per heavy atom. The van der Waals surface area contributed by atoms with Crippen LogP contribution in [0.15, 0.2) is 12.2 Å². The van der Waals surface area contributed by atoms with E-state index in [0.717, 1.165) is 11.8 Å². The average Bonchev–Trinajstić information content (AvgIpc) is 1.94. The molecular formula is C9H15Cl. The summed E-state index contributed by atoms with van der Waals surface area (Å²) in [6.07, 6.45) is 5.86. The minimum Gasteiger partial charge on any atom is -0.126 e. The topological polar surface area (TPSA) is 0 Å². The van der Waals surface area contributed by atoms with Gasteiger partial charge in [-0.3, -0.25) is 0 Å². The summed E-state index contributed by atoms with van der Waals surface area (Å²) in [6.45, 7) is 4.50. The van der Waals surface area contributed by atoms with Gasteiger partial charge in [-0.1, -0.05) is 26.0 Å². The summed E-state index contributed by atoms with van der Waals surface area (Å²) in [7, 11) is 0. The van der Waals surface area contributed by atoms with Gasteiger partial charge in [0.25, 0.3) is 0 Å². The quantitative estimate of drug-likeness (QED) is 0.407. The maximum Gasteiger partial charge on any atom is 0.0257 e. The normalized spacial score (nSPS) is 40.1. The van der Waals surface area contributed by atoms with Crippen molar-refractivity contribution < 1.29 is 0 Å². The first-order valence-corrected chi connectivity index (χ1v) is 4.51. The molecule has 0 aromatic heterocycles. The van der Waals surface area contributed by atoms with E-state index >= 15 is 0 Å². The summed E-state index contributed by atoms with van der Waals surface area (Å²) >= 11 is 5.81. The number of rotatable bonds is 1. The largest absolute Gasteiger partial charge is 0.126 e. The fourth-order valence-corrected chi connectivity index (χ4v) is 1.90. The maximum atomic E-state index is 5.81. The van der Waals surface area contributed by atoms with E-state index in [1.54, 1.807) is 0 Å². The molecule has 0 radical (unpaired) electrons. The molecule has 0 fully saturated rings. The van der Waals surface area contributed by atoms with Crippen LogP contribution < -0.4 is 0 Å². The van der Waals surface area contributed by atoms with E-state index in [-0.39, 0.29) is 0 Å². The molecule has 0 aromatic rings. The van der Waals surface area contributed by atoms with Gasteiger partial charge in [0.15, 0.2) is 0 Å². The molecule has 1 heteroatoms. The Hall–Kier alpha value is 0.0300. The third-order valence-corrected chi connectivity index (χ3v) is 2.76. The molecule has 0 saturated heterocycles. The van der Waals surface area contributed by atoms with E-state index in [4.69, 9.17) is 11.6 Å². The summed E-state index contributed by atoms with van der Waals surface area (Å²) in [5, 5.41) is 0. The van der Waals surface area contributed by atoms with Gasteiger partial charge in [0.05, 0.1) is 0 Å². The van der Waals surface area contributed by atoms with Gasteiger partial charge in [-0.15, -0.1) is 11.6 Å². The summed E-state index contributed by atoms with van der Waals surface area (Å²) in [5.74, 6) is 2.95. The molecule has 0 saturated carbocycles. The van der Waals surface area contributed by atoms with E-state index in [1.807, 2.05) is 0 Å². The smallest absolute Gasteiger partial charge is 0.0257 e. The molecule has 0 N–H and O–H groups in total. The van der Waals surface area contributed by atoms with Crippen molar-refractivity contribution in [1.82, 2.24) is 0 Å². The highest BCUT2D eigenvalue weighted by Gasteiger charge is 2.19. The second kappa shape index (κ2) is 3.43. The molecule has 1 rings (SSSR count). The van der Waals surface area contributed by atoms with E-state index in [9.17, 15) is 0 Å². The monoisotopic (exact) mass is 158 g/mol. The fourth-order valence-electron chi connectivity index (χ4n) is 1.50. The average molecular weight is 159 g/mol. The summed E-state index contributed by atoms with van der Waals surface area (Å²) < 4.78 is 0. The number of hydrogen-bond donors (Lipinski definition) is 0. The first kappa shape index (κ1) is 8.13. The Kier molecular flexibility index (Phi) is 2.79. The lowest BCUT2D eigenvalue weighted by Gasteiger charge is -2.25. The lowest BCUT2D eigenvalue weighted by atomic mass is 9.82. The number of halogens is 1. The molecule has 3 atom stereocenters. The molecule has 1 aliphatic carbocycles. The van der Waals surface area contributed by atoms with Crippen molar-refractivity contribution in [3.63, 3.8) is 0 Å². The van der Waals surface area contributed by atoms with Gasteiger partial charge < -0.3 is 0 Å². The van der Waals surface area contributed by atoms with Crippen LogP contribution in [-0.4, -0.2) is 5.88 Å². The number of alkyl halides is 1. The zero-order valence-electron chi connectivity index (χ0n) is 6.68. The second-order valence-corrected chi connectivity index (χ2v) is 3.68. The van der Waals surface area contributed by atoms with E-state index in [2.05, 4.69) is 26.0 Å². The van der Waals surface area contributed by atoms with Crippen LogP contribution in [0.25, 0.3) is 0 Å². The van der Waals surface area contributed by atoms with Crippen molar-refractivity contribution in [1.29, 1.82) is 0 Å². The van der Waals surface area contributed by atoms with Crippen LogP contribution in [0, 0.1) is 17.8 Å². The highest BCUT2D eigenvalue weighted by atomic mass is 35.5. The predicted molar refractivity (Wildman–Crippen MR) is 46.3 cm³/mol.